The van der Waals surface area contributed by atoms with E-state index in [1.165, 1.54) is 0 Å². The second-order valence-corrected chi connectivity index (χ2v) is 7.25. The van der Waals surface area contributed by atoms with Crippen molar-refractivity contribution in [2.75, 3.05) is 0 Å². The molecule has 0 atom stereocenters. The monoisotopic (exact) mass is 383 g/mol. The van der Waals surface area contributed by atoms with Crippen LogP contribution in [0.25, 0.3) is 0 Å². The minimum absolute atomic E-state index is 0.157. The van der Waals surface area contributed by atoms with Crippen molar-refractivity contribution in [1.29, 1.82) is 0 Å². The molecule has 0 bridgehead atoms. The Bertz CT molecular complexity index is 911. The summed E-state index contributed by atoms with van der Waals surface area (Å²) in [6.07, 6.45) is 0. The van der Waals surface area contributed by atoms with Gasteiger partial charge in [0.25, 0.3) is 5.91 Å². The normalized spacial score (nSPS) is 10.5. The van der Waals surface area contributed by atoms with E-state index in [0.717, 1.165) is 16.2 Å². The zero-order valence-corrected chi connectivity index (χ0v) is 15.5. The zero-order valence-electron chi connectivity index (χ0n) is 13.8. The van der Waals surface area contributed by atoms with Crippen LogP contribution in [0.5, 0.6) is 0 Å². The number of hydrogen-bond donors (Lipinski definition) is 2. The van der Waals surface area contributed by atoms with Gasteiger partial charge >= 0.3 is 0 Å². The van der Waals surface area contributed by atoms with Crippen molar-refractivity contribution in [3.63, 3.8) is 0 Å². The number of benzene rings is 2. The van der Waals surface area contributed by atoms with Gasteiger partial charge in [-0.05, 0) is 29.8 Å². The molecule has 132 valence electrons. The molecule has 1 heterocycles. The van der Waals surface area contributed by atoms with E-state index >= 15 is 0 Å². The Morgan fingerprint density at radius 1 is 1.15 bits per heavy atom. The molecular weight excluding hydrogens is 366 g/mol. The van der Waals surface area contributed by atoms with Gasteiger partial charge in [-0.3, -0.25) is 9.59 Å². The Kier molecular flexibility index (Phi) is 6.04. The number of amides is 2. The van der Waals surface area contributed by atoms with E-state index in [4.69, 9.17) is 5.73 Å². The second kappa shape index (κ2) is 8.64. The number of nitrogens with two attached hydrogens (primary N) is 1. The van der Waals surface area contributed by atoms with Crippen molar-refractivity contribution >= 4 is 34.9 Å². The molecule has 0 aliphatic heterocycles. The smallest absolute Gasteiger partial charge is 0.252 e. The van der Waals surface area contributed by atoms with E-state index < -0.39 is 5.91 Å². The third-order valence-electron chi connectivity index (χ3n) is 3.66. The summed E-state index contributed by atoms with van der Waals surface area (Å²) in [6.45, 7) is 0.324. The summed E-state index contributed by atoms with van der Waals surface area (Å²) in [5, 5.41) is 4.90. The standard InChI is InChI=1S/C19H17N3O2S2/c20-18(23)14-5-3-4-13(8-14)9-21-19(24)16-6-1-2-7-17(16)26-11-15-10-25-12-22-15/h1-8,10,12H,9,11H2,(H2,20,23)(H,21,24). The fourth-order valence-electron chi connectivity index (χ4n) is 2.35. The molecule has 0 fully saturated rings. The average Bonchev–Trinajstić information content (AvgIpc) is 3.18. The molecule has 1 aromatic heterocycles. The number of thioether (sulfide) groups is 1. The van der Waals surface area contributed by atoms with Gasteiger partial charge in [-0.2, -0.15) is 0 Å². The minimum atomic E-state index is -0.484. The van der Waals surface area contributed by atoms with Gasteiger partial charge in [-0.25, -0.2) is 4.98 Å². The second-order valence-electron chi connectivity index (χ2n) is 5.51. The van der Waals surface area contributed by atoms with Crippen LogP contribution >= 0.6 is 23.1 Å². The maximum absolute atomic E-state index is 12.6. The molecule has 0 spiro atoms. The SMILES string of the molecule is NC(=O)c1cccc(CNC(=O)c2ccccc2SCc2cscn2)c1. The number of primary amides is 1. The summed E-state index contributed by atoms with van der Waals surface area (Å²) in [5.41, 5.74) is 9.96. The van der Waals surface area contributed by atoms with Gasteiger partial charge in [0.1, 0.15) is 0 Å². The lowest BCUT2D eigenvalue weighted by molar-refractivity contribution is 0.0947. The van der Waals surface area contributed by atoms with Gasteiger partial charge in [-0.1, -0.05) is 24.3 Å². The molecule has 5 nitrogen and oxygen atoms in total. The minimum Gasteiger partial charge on any atom is -0.366 e. The largest absolute Gasteiger partial charge is 0.366 e. The lowest BCUT2D eigenvalue weighted by Gasteiger charge is -2.10. The van der Waals surface area contributed by atoms with Gasteiger partial charge in [0.05, 0.1) is 16.8 Å². The maximum Gasteiger partial charge on any atom is 0.252 e. The molecule has 0 aliphatic rings. The number of aromatic nitrogens is 1. The molecule has 7 heteroatoms. The Morgan fingerprint density at radius 2 is 2.00 bits per heavy atom. The summed E-state index contributed by atoms with van der Waals surface area (Å²) < 4.78 is 0. The third-order valence-corrected chi connectivity index (χ3v) is 5.40. The van der Waals surface area contributed by atoms with Gasteiger partial charge in [0.2, 0.25) is 5.91 Å². The Hall–Kier alpha value is -2.64. The van der Waals surface area contributed by atoms with Crippen molar-refractivity contribution in [3.8, 4) is 0 Å². The first kappa shape index (κ1) is 18.2. The molecule has 3 rings (SSSR count). The quantitative estimate of drug-likeness (QED) is 0.612. The molecule has 0 saturated heterocycles. The van der Waals surface area contributed by atoms with Gasteiger partial charge in [-0.15, -0.1) is 23.1 Å². The summed E-state index contributed by atoms with van der Waals surface area (Å²) in [5.74, 6) is 0.0758. The first-order valence-corrected chi connectivity index (χ1v) is 9.82. The number of thiazole rings is 1. The van der Waals surface area contributed by atoms with Gasteiger partial charge in [0.15, 0.2) is 0 Å². The number of nitrogens with zero attached hydrogens (tertiary/aromatic N) is 1. The van der Waals surface area contributed by atoms with Crippen LogP contribution in [-0.4, -0.2) is 16.8 Å². The van der Waals surface area contributed by atoms with Crippen LogP contribution in [0.2, 0.25) is 0 Å². The van der Waals surface area contributed by atoms with Crippen LogP contribution in [-0.2, 0) is 12.3 Å². The van der Waals surface area contributed by atoms with Crippen molar-refractivity contribution in [2.24, 2.45) is 5.73 Å². The van der Waals surface area contributed by atoms with E-state index in [1.807, 2.05) is 29.6 Å². The van der Waals surface area contributed by atoms with E-state index in [-0.39, 0.29) is 5.91 Å². The number of rotatable bonds is 7. The molecule has 0 aliphatic carbocycles. The molecule has 0 unspecified atom stereocenters. The van der Waals surface area contributed by atoms with E-state index in [9.17, 15) is 9.59 Å². The molecule has 2 aromatic carbocycles. The predicted octanol–water partition coefficient (Wildman–Crippen LogP) is 3.46. The highest BCUT2D eigenvalue weighted by atomic mass is 32.2. The molecule has 0 radical (unpaired) electrons. The summed E-state index contributed by atoms with van der Waals surface area (Å²) in [4.78, 5) is 29.0. The van der Waals surface area contributed by atoms with Gasteiger partial charge < -0.3 is 11.1 Å². The number of carbonyl (C=O) groups excluding carboxylic acids is 2. The van der Waals surface area contributed by atoms with Crippen molar-refractivity contribution in [1.82, 2.24) is 10.3 Å². The lowest BCUT2D eigenvalue weighted by atomic mass is 10.1. The van der Waals surface area contributed by atoms with Crippen LogP contribution in [0.15, 0.2) is 64.3 Å². The topological polar surface area (TPSA) is 85.1 Å². The Labute approximate surface area is 159 Å². The molecule has 3 N–H and O–H groups in total. The summed E-state index contributed by atoms with van der Waals surface area (Å²) >= 11 is 3.14. The highest BCUT2D eigenvalue weighted by molar-refractivity contribution is 7.98. The maximum atomic E-state index is 12.6. The molecule has 3 aromatic rings. The molecular formula is C19H17N3O2S2. The van der Waals surface area contributed by atoms with Crippen LogP contribution in [0.1, 0.15) is 32.0 Å². The predicted molar refractivity (Wildman–Crippen MR) is 104 cm³/mol. The van der Waals surface area contributed by atoms with Crippen molar-refractivity contribution in [2.45, 2.75) is 17.2 Å². The van der Waals surface area contributed by atoms with Crippen LogP contribution < -0.4 is 11.1 Å². The van der Waals surface area contributed by atoms with Crippen LogP contribution in [0.3, 0.4) is 0 Å². The number of carbonyl (C=O) groups is 2. The van der Waals surface area contributed by atoms with Crippen molar-refractivity contribution < 1.29 is 9.59 Å². The van der Waals surface area contributed by atoms with E-state index in [2.05, 4.69) is 10.3 Å². The molecule has 26 heavy (non-hydrogen) atoms. The number of hydrogen-bond acceptors (Lipinski definition) is 5. The first-order valence-electron chi connectivity index (χ1n) is 7.89. The fraction of sp³-hybridized carbons (Fsp3) is 0.105. The van der Waals surface area contributed by atoms with E-state index in [1.54, 1.807) is 52.9 Å². The first-order chi connectivity index (χ1) is 12.6. The summed E-state index contributed by atoms with van der Waals surface area (Å²) in [6, 6.07) is 14.4. The average molecular weight is 383 g/mol. The summed E-state index contributed by atoms with van der Waals surface area (Å²) in [7, 11) is 0. The highest BCUT2D eigenvalue weighted by Gasteiger charge is 2.12. The molecule has 2 amide bonds. The zero-order chi connectivity index (χ0) is 18.4. The molecule has 0 saturated carbocycles. The Balaban J connectivity index is 1.66. The highest BCUT2D eigenvalue weighted by Crippen LogP contribution is 2.26. The lowest BCUT2D eigenvalue weighted by Crippen LogP contribution is -2.23. The fourth-order valence-corrected chi connectivity index (χ4v) is 3.97. The van der Waals surface area contributed by atoms with Crippen LogP contribution in [0.4, 0.5) is 0 Å². The van der Waals surface area contributed by atoms with Crippen molar-refractivity contribution in [3.05, 3.63) is 81.8 Å². The number of nitrogens with one attached hydrogen (secondary N) is 1. The van der Waals surface area contributed by atoms with E-state index in [0.29, 0.717) is 23.4 Å². The van der Waals surface area contributed by atoms with Crippen LogP contribution in [0, 0.1) is 0 Å². The third kappa shape index (κ3) is 4.71. The van der Waals surface area contributed by atoms with Gasteiger partial charge in [0, 0.05) is 28.1 Å². The Morgan fingerprint density at radius 3 is 2.77 bits per heavy atom.